The molecule has 2 heteroatoms. The van der Waals surface area contributed by atoms with Crippen LogP contribution < -0.4 is 0 Å². The molecule has 0 aromatic carbocycles. The van der Waals surface area contributed by atoms with Crippen molar-refractivity contribution in [3.63, 3.8) is 0 Å². The van der Waals surface area contributed by atoms with Crippen LogP contribution in [0.2, 0.25) is 0 Å². The van der Waals surface area contributed by atoms with Gasteiger partial charge in [0, 0.05) is 19.7 Å². The Hall–Kier alpha value is -0.0800. The Bertz CT molecular complexity index is 83.6. The van der Waals surface area contributed by atoms with Crippen LogP contribution in [0.5, 0.6) is 0 Å². The third kappa shape index (κ3) is 4.38. The number of hydrogen-bond acceptors (Lipinski definition) is 2. The van der Waals surface area contributed by atoms with Gasteiger partial charge in [0.15, 0.2) is 0 Å². The van der Waals surface area contributed by atoms with Gasteiger partial charge in [0.05, 0.1) is 6.10 Å². The number of likely N-dealkylation sites (N-methyl/N-ethyl adjacent to an activating group) is 1. The summed E-state index contributed by atoms with van der Waals surface area (Å²) in [4.78, 5) is 2.31. The van der Waals surface area contributed by atoms with Crippen LogP contribution in [0.25, 0.3) is 0 Å². The lowest BCUT2D eigenvalue weighted by Gasteiger charge is -2.09. The summed E-state index contributed by atoms with van der Waals surface area (Å²) in [6.45, 7) is 9.23. The normalized spacial score (nSPS) is 24.5. The highest BCUT2D eigenvalue weighted by Crippen LogP contribution is 2.09. The molecule has 1 saturated heterocycles. The van der Waals surface area contributed by atoms with E-state index in [1.165, 1.54) is 13.0 Å². The third-order valence-corrected chi connectivity index (χ3v) is 1.75. The van der Waals surface area contributed by atoms with Crippen molar-refractivity contribution in [2.24, 2.45) is 0 Å². The summed E-state index contributed by atoms with van der Waals surface area (Å²) in [6.07, 6.45) is 1.73. The van der Waals surface area contributed by atoms with E-state index in [0.29, 0.717) is 6.10 Å². The molecule has 1 aliphatic rings. The molecule has 1 unspecified atom stereocenters. The van der Waals surface area contributed by atoms with Crippen LogP contribution in [0.15, 0.2) is 0 Å². The molecule has 1 atom stereocenters. The van der Waals surface area contributed by atoms with E-state index in [9.17, 15) is 0 Å². The van der Waals surface area contributed by atoms with Gasteiger partial charge in [-0.15, -0.1) is 0 Å². The maximum Gasteiger partial charge on any atom is 0.0713 e. The Morgan fingerprint density at radius 3 is 2.45 bits per heavy atom. The second kappa shape index (κ2) is 6.62. The molecule has 11 heavy (non-hydrogen) atoms. The summed E-state index contributed by atoms with van der Waals surface area (Å²) in [5, 5.41) is 0. The van der Waals surface area contributed by atoms with Gasteiger partial charge in [0.2, 0.25) is 0 Å². The molecule has 1 heterocycles. The lowest BCUT2D eigenvalue weighted by molar-refractivity contribution is 0.0709. The van der Waals surface area contributed by atoms with Crippen LogP contribution >= 0.6 is 0 Å². The molecule has 1 aliphatic heterocycles. The Kier molecular flexibility index (Phi) is 6.57. The first kappa shape index (κ1) is 10.9. The van der Waals surface area contributed by atoms with Crippen molar-refractivity contribution in [2.45, 2.75) is 33.3 Å². The molecule has 0 N–H and O–H groups in total. The highest BCUT2D eigenvalue weighted by atomic mass is 16.5. The van der Waals surface area contributed by atoms with Crippen LogP contribution in [0, 0.1) is 0 Å². The predicted octanol–water partition coefficient (Wildman–Crippen LogP) is 1.75. The van der Waals surface area contributed by atoms with Crippen molar-refractivity contribution >= 4 is 0 Å². The molecule has 0 amide bonds. The SMILES string of the molecule is CC.CCOC1CCN(C)C1. The molecule has 0 bridgehead atoms. The molecule has 0 aromatic heterocycles. The summed E-state index contributed by atoms with van der Waals surface area (Å²) < 4.78 is 5.43. The Morgan fingerprint density at radius 2 is 2.09 bits per heavy atom. The minimum atomic E-state index is 0.514. The fourth-order valence-electron chi connectivity index (χ4n) is 1.27. The molecule has 1 rings (SSSR count). The fourth-order valence-corrected chi connectivity index (χ4v) is 1.27. The van der Waals surface area contributed by atoms with Gasteiger partial charge < -0.3 is 9.64 Å². The third-order valence-electron chi connectivity index (χ3n) is 1.75. The molecule has 68 valence electrons. The zero-order chi connectivity index (χ0) is 8.69. The smallest absolute Gasteiger partial charge is 0.0713 e. The van der Waals surface area contributed by atoms with E-state index in [2.05, 4.69) is 18.9 Å². The highest BCUT2D eigenvalue weighted by molar-refractivity contribution is 4.72. The van der Waals surface area contributed by atoms with Crippen LogP contribution in [0.1, 0.15) is 27.2 Å². The standard InChI is InChI=1S/C7H15NO.C2H6/c1-3-9-7-4-5-8(2)6-7;1-2/h7H,3-6H2,1-2H3;1-2H3. The number of hydrogen-bond donors (Lipinski definition) is 0. The number of likely N-dealkylation sites (tertiary alicyclic amines) is 1. The largest absolute Gasteiger partial charge is 0.377 e. The van der Waals surface area contributed by atoms with Crippen LogP contribution in [-0.4, -0.2) is 37.7 Å². The number of nitrogens with zero attached hydrogens (tertiary/aromatic N) is 1. The zero-order valence-electron chi connectivity index (χ0n) is 8.26. The molecule has 0 saturated carbocycles. The maximum absolute atomic E-state index is 5.43. The van der Waals surface area contributed by atoms with Gasteiger partial charge in [0.25, 0.3) is 0 Å². The molecular formula is C9H21NO. The molecule has 0 aromatic rings. The Labute approximate surface area is 70.5 Å². The van der Waals surface area contributed by atoms with E-state index in [4.69, 9.17) is 4.74 Å². The number of rotatable bonds is 2. The summed E-state index contributed by atoms with van der Waals surface area (Å²) in [7, 11) is 2.14. The molecule has 0 spiro atoms. The minimum Gasteiger partial charge on any atom is -0.377 e. The monoisotopic (exact) mass is 159 g/mol. The van der Waals surface area contributed by atoms with Crippen LogP contribution in [0.3, 0.4) is 0 Å². The fraction of sp³-hybridized carbons (Fsp3) is 1.00. The van der Waals surface area contributed by atoms with Gasteiger partial charge in [-0.1, -0.05) is 13.8 Å². The van der Waals surface area contributed by atoms with Gasteiger partial charge in [-0.2, -0.15) is 0 Å². The van der Waals surface area contributed by atoms with Gasteiger partial charge in [-0.25, -0.2) is 0 Å². The molecule has 1 fully saturated rings. The van der Waals surface area contributed by atoms with Gasteiger partial charge in [-0.3, -0.25) is 0 Å². The molecule has 0 radical (unpaired) electrons. The van der Waals surface area contributed by atoms with Crippen molar-refractivity contribution in [2.75, 3.05) is 26.7 Å². The van der Waals surface area contributed by atoms with E-state index in [-0.39, 0.29) is 0 Å². The average Bonchev–Trinajstić information content (AvgIpc) is 2.41. The van der Waals surface area contributed by atoms with Crippen molar-refractivity contribution < 1.29 is 4.74 Å². The summed E-state index contributed by atoms with van der Waals surface area (Å²) in [5.74, 6) is 0. The van der Waals surface area contributed by atoms with Gasteiger partial charge in [0.1, 0.15) is 0 Å². The van der Waals surface area contributed by atoms with E-state index in [1.807, 2.05) is 13.8 Å². The van der Waals surface area contributed by atoms with Crippen LogP contribution in [0.4, 0.5) is 0 Å². The molecule has 0 aliphatic carbocycles. The first-order valence-corrected chi connectivity index (χ1v) is 4.63. The van der Waals surface area contributed by atoms with Crippen molar-refractivity contribution in [3.05, 3.63) is 0 Å². The number of ether oxygens (including phenoxy) is 1. The Balaban J connectivity index is 0.000000461. The maximum atomic E-state index is 5.43. The quantitative estimate of drug-likeness (QED) is 0.608. The second-order valence-electron chi connectivity index (χ2n) is 2.63. The second-order valence-corrected chi connectivity index (χ2v) is 2.63. The van der Waals surface area contributed by atoms with Crippen molar-refractivity contribution in [1.82, 2.24) is 4.90 Å². The van der Waals surface area contributed by atoms with E-state index in [1.54, 1.807) is 0 Å². The Morgan fingerprint density at radius 1 is 1.45 bits per heavy atom. The predicted molar refractivity (Wildman–Crippen MR) is 48.9 cm³/mol. The molecule has 2 nitrogen and oxygen atoms in total. The lowest BCUT2D eigenvalue weighted by Crippen LogP contribution is -2.18. The first-order chi connectivity index (χ1) is 5.33. The lowest BCUT2D eigenvalue weighted by atomic mass is 10.3. The molecular weight excluding hydrogens is 138 g/mol. The van der Waals surface area contributed by atoms with Gasteiger partial charge >= 0.3 is 0 Å². The van der Waals surface area contributed by atoms with E-state index < -0.39 is 0 Å². The van der Waals surface area contributed by atoms with E-state index in [0.717, 1.165) is 13.2 Å². The summed E-state index contributed by atoms with van der Waals surface area (Å²) in [5.41, 5.74) is 0. The first-order valence-electron chi connectivity index (χ1n) is 4.63. The van der Waals surface area contributed by atoms with Crippen molar-refractivity contribution in [1.29, 1.82) is 0 Å². The van der Waals surface area contributed by atoms with E-state index >= 15 is 0 Å². The minimum absolute atomic E-state index is 0.514. The summed E-state index contributed by atoms with van der Waals surface area (Å²) >= 11 is 0. The van der Waals surface area contributed by atoms with Crippen LogP contribution in [-0.2, 0) is 4.74 Å². The average molecular weight is 159 g/mol. The topological polar surface area (TPSA) is 12.5 Å². The highest BCUT2D eigenvalue weighted by Gasteiger charge is 2.18. The van der Waals surface area contributed by atoms with Gasteiger partial charge in [-0.05, 0) is 20.4 Å². The zero-order valence-corrected chi connectivity index (χ0v) is 8.26. The summed E-state index contributed by atoms with van der Waals surface area (Å²) in [6, 6.07) is 0. The van der Waals surface area contributed by atoms with Crippen molar-refractivity contribution in [3.8, 4) is 0 Å².